The van der Waals surface area contributed by atoms with Crippen molar-refractivity contribution in [3.8, 4) is 0 Å². The Bertz CT molecular complexity index is 924. The van der Waals surface area contributed by atoms with Gasteiger partial charge in [-0.15, -0.1) is 0 Å². The van der Waals surface area contributed by atoms with Gasteiger partial charge in [0.15, 0.2) is 0 Å². The Balaban J connectivity index is 1.59. The summed E-state index contributed by atoms with van der Waals surface area (Å²) >= 11 is 11.7. The van der Waals surface area contributed by atoms with Crippen LogP contribution in [0.15, 0.2) is 48.7 Å². The van der Waals surface area contributed by atoms with E-state index in [0.29, 0.717) is 15.7 Å². The third kappa shape index (κ3) is 4.07. The lowest BCUT2D eigenvalue weighted by atomic mass is 10.1. The molecule has 0 bridgehead atoms. The third-order valence-corrected chi connectivity index (χ3v) is 4.67. The van der Waals surface area contributed by atoms with E-state index >= 15 is 0 Å². The Kier molecular flexibility index (Phi) is 5.18. The highest BCUT2D eigenvalue weighted by Gasteiger charge is 2.11. The number of fused-ring (bicyclic) bond motifs is 1. The monoisotopic (exact) mass is 377 g/mol. The molecule has 0 spiro atoms. The first-order valence-electron chi connectivity index (χ1n) is 7.67. The van der Waals surface area contributed by atoms with E-state index < -0.39 is 12.1 Å². The summed E-state index contributed by atoms with van der Waals surface area (Å²) in [4.78, 5) is 11.9. The first-order chi connectivity index (χ1) is 11.9. The van der Waals surface area contributed by atoms with Crippen LogP contribution in [0.2, 0.25) is 10.0 Å². The number of carbonyl (C=O) groups excluding carboxylic acids is 1. The van der Waals surface area contributed by atoms with Crippen molar-refractivity contribution < 1.29 is 9.90 Å². The van der Waals surface area contributed by atoms with Crippen molar-refractivity contribution in [2.24, 2.45) is 7.05 Å². The number of hydrogen-bond acceptors (Lipinski definition) is 2. The normalized spacial score (nSPS) is 12.2. The van der Waals surface area contributed by atoms with Crippen LogP contribution in [0.3, 0.4) is 0 Å². The van der Waals surface area contributed by atoms with Gasteiger partial charge in [-0.05, 0) is 47.3 Å². The third-order valence-electron chi connectivity index (χ3n) is 3.93. The SMILES string of the molecule is Cn1ccc2cc([C@H](O)CNC(=O)Nc3ccc(Cl)c(Cl)c3)ccc21. The maximum atomic E-state index is 11.9. The van der Waals surface area contributed by atoms with E-state index in [0.717, 1.165) is 16.5 Å². The van der Waals surface area contributed by atoms with Crippen molar-refractivity contribution in [1.82, 2.24) is 9.88 Å². The molecule has 0 saturated heterocycles. The number of carbonyl (C=O) groups is 1. The molecule has 2 amide bonds. The molecule has 5 nitrogen and oxygen atoms in total. The zero-order valence-electron chi connectivity index (χ0n) is 13.5. The Morgan fingerprint density at radius 1 is 1.16 bits per heavy atom. The number of rotatable bonds is 4. The summed E-state index contributed by atoms with van der Waals surface area (Å²) in [7, 11) is 1.97. The molecule has 1 aromatic heterocycles. The molecule has 2 aromatic carbocycles. The molecule has 0 unspecified atom stereocenters. The van der Waals surface area contributed by atoms with Crippen LogP contribution in [0, 0.1) is 0 Å². The molecule has 0 fully saturated rings. The van der Waals surface area contributed by atoms with E-state index in [4.69, 9.17) is 23.2 Å². The van der Waals surface area contributed by atoms with E-state index in [1.54, 1.807) is 18.2 Å². The van der Waals surface area contributed by atoms with Crippen LogP contribution in [0.1, 0.15) is 11.7 Å². The fourth-order valence-corrected chi connectivity index (χ4v) is 2.86. The number of hydrogen-bond donors (Lipinski definition) is 3. The number of nitrogens with one attached hydrogen (secondary N) is 2. The molecule has 1 atom stereocenters. The predicted molar refractivity (Wildman–Crippen MR) is 101 cm³/mol. The van der Waals surface area contributed by atoms with E-state index in [-0.39, 0.29) is 6.54 Å². The zero-order valence-corrected chi connectivity index (χ0v) is 15.0. The summed E-state index contributed by atoms with van der Waals surface area (Å²) < 4.78 is 2.01. The highest BCUT2D eigenvalue weighted by Crippen LogP contribution is 2.25. The molecule has 0 aliphatic rings. The fraction of sp³-hybridized carbons (Fsp3) is 0.167. The Hall–Kier alpha value is -2.21. The van der Waals surface area contributed by atoms with Gasteiger partial charge >= 0.3 is 6.03 Å². The molecule has 0 saturated carbocycles. The van der Waals surface area contributed by atoms with Crippen molar-refractivity contribution in [2.45, 2.75) is 6.10 Å². The lowest BCUT2D eigenvalue weighted by Crippen LogP contribution is -2.32. The van der Waals surface area contributed by atoms with Gasteiger partial charge in [-0.3, -0.25) is 0 Å². The number of nitrogens with zero attached hydrogens (tertiary/aromatic N) is 1. The van der Waals surface area contributed by atoms with Gasteiger partial charge in [-0.1, -0.05) is 29.3 Å². The molecule has 130 valence electrons. The lowest BCUT2D eigenvalue weighted by molar-refractivity contribution is 0.175. The average Bonchev–Trinajstić information content (AvgIpc) is 2.96. The van der Waals surface area contributed by atoms with E-state index in [2.05, 4.69) is 10.6 Å². The van der Waals surface area contributed by atoms with Gasteiger partial charge < -0.3 is 20.3 Å². The molecule has 3 N–H and O–H groups in total. The first-order valence-corrected chi connectivity index (χ1v) is 8.42. The summed E-state index contributed by atoms with van der Waals surface area (Å²) in [5.41, 5.74) is 2.35. The number of aryl methyl sites for hydroxylation is 1. The van der Waals surface area contributed by atoms with E-state index in [9.17, 15) is 9.90 Å². The maximum Gasteiger partial charge on any atom is 0.319 e. The van der Waals surface area contributed by atoms with Crippen LogP contribution in [-0.2, 0) is 7.05 Å². The second kappa shape index (κ2) is 7.35. The van der Waals surface area contributed by atoms with Crippen LogP contribution in [0.4, 0.5) is 10.5 Å². The zero-order chi connectivity index (χ0) is 18.0. The molecular formula is C18H17Cl2N3O2. The first kappa shape index (κ1) is 17.6. The number of aliphatic hydroxyl groups is 1. The van der Waals surface area contributed by atoms with Crippen LogP contribution >= 0.6 is 23.2 Å². The van der Waals surface area contributed by atoms with E-state index in [1.165, 1.54) is 0 Å². The van der Waals surface area contributed by atoms with Gasteiger partial charge in [0.05, 0.1) is 16.1 Å². The maximum absolute atomic E-state index is 11.9. The lowest BCUT2D eigenvalue weighted by Gasteiger charge is -2.13. The highest BCUT2D eigenvalue weighted by molar-refractivity contribution is 6.42. The molecule has 25 heavy (non-hydrogen) atoms. The molecule has 0 radical (unpaired) electrons. The highest BCUT2D eigenvalue weighted by atomic mass is 35.5. The molecule has 7 heteroatoms. The summed E-state index contributed by atoms with van der Waals surface area (Å²) in [5.74, 6) is 0. The summed E-state index contributed by atoms with van der Waals surface area (Å²) in [6.45, 7) is 0.0888. The quantitative estimate of drug-likeness (QED) is 0.632. The Labute approximate surface area is 155 Å². The number of halogens is 2. The van der Waals surface area contributed by atoms with Gasteiger partial charge in [0, 0.05) is 31.0 Å². The number of aliphatic hydroxyl groups excluding tert-OH is 1. The van der Waals surface area contributed by atoms with Crippen molar-refractivity contribution in [2.75, 3.05) is 11.9 Å². The second-order valence-corrected chi connectivity index (χ2v) is 6.54. The number of urea groups is 1. The number of amides is 2. The largest absolute Gasteiger partial charge is 0.387 e. The molecule has 3 aromatic rings. The fourth-order valence-electron chi connectivity index (χ4n) is 2.56. The van der Waals surface area contributed by atoms with E-state index in [1.807, 2.05) is 42.1 Å². The average molecular weight is 378 g/mol. The smallest absolute Gasteiger partial charge is 0.319 e. The van der Waals surface area contributed by atoms with Crippen molar-refractivity contribution in [3.05, 3.63) is 64.3 Å². The summed E-state index contributed by atoms with van der Waals surface area (Å²) in [6.07, 6.45) is 1.16. The van der Waals surface area contributed by atoms with Gasteiger partial charge in [-0.25, -0.2) is 4.79 Å². The van der Waals surface area contributed by atoms with Gasteiger partial charge in [0.1, 0.15) is 0 Å². The van der Waals surface area contributed by atoms with Crippen LogP contribution in [-0.4, -0.2) is 22.2 Å². The van der Waals surface area contributed by atoms with Crippen LogP contribution in [0.5, 0.6) is 0 Å². The molecule has 0 aliphatic heterocycles. The topological polar surface area (TPSA) is 66.3 Å². The standard InChI is InChI=1S/C18H17Cl2N3O2/c1-23-7-6-11-8-12(2-5-16(11)23)17(24)10-21-18(25)22-13-3-4-14(19)15(20)9-13/h2-9,17,24H,10H2,1H3,(H2,21,22,25)/t17-/m1/s1. The van der Waals surface area contributed by atoms with Gasteiger partial charge in [0.25, 0.3) is 0 Å². The number of aromatic nitrogens is 1. The molecule has 0 aliphatic carbocycles. The van der Waals surface area contributed by atoms with Gasteiger partial charge in [-0.2, -0.15) is 0 Å². The molecule has 3 rings (SSSR count). The van der Waals surface area contributed by atoms with Crippen LogP contribution < -0.4 is 10.6 Å². The Morgan fingerprint density at radius 3 is 2.72 bits per heavy atom. The second-order valence-electron chi connectivity index (χ2n) is 5.72. The predicted octanol–water partition coefficient (Wildman–Crippen LogP) is 4.34. The number of benzene rings is 2. The Morgan fingerprint density at radius 2 is 1.96 bits per heavy atom. The molecule has 1 heterocycles. The van der Waals surface area contributed by atoms with Crippen molar-refractivity contribution >= 4 is 45.8 Å². The minimum absolute atomic E-state index is 0.0888. The van der Waals surface area contributed by atoms with Crippen molar-refractivity contribution in [1.29, 1.82) is 0 Å². The van der Waals surface area contributed by atoms with Crippen LogP contribution in [0.25, 0.3) is 10.9 Å². The van der Waals surface area contributed by atoms with Gasteiger partial charge in [0.2, 0.25) is 0 Å². The summed E-state index contributed by atoms with van der Waals surface area (Å²) in [5, 5.41) is 17.4. The minimum atomic E-state index is -0.802. The molecular weight excluding hydrogens is 361 g/mol. The minimum Gasteiger partial charge on any atom is -0.387 e. The van der Waals surface area contributed by atoms with Crippen molar-refractivity contribution in [3.63, 3.8) is 0 Å². The summed E-state index contributed by atoms with van der Waals surface area (Å²) in [6, 6.07) is 12.1. The number of anilines is 1.